The Bertz CT molecular complexity index is 503. The number of hydrogen-bond donors (Lipinski definition) is 1. The van der Waals surface area contributed by atoms with E-state index in [1.54, 1.807) is 12.1 Å². The highest BCUT2D eigenvalue weighted by molar-refractivity contribution is 7.90. The van der Waals surface area contributed by atoms with Crippen molar-refractivity contribution in [2.45, 2.75) is 6.54 Å². The number of nitriles is 1. The average Bonchev–Trinajstić information content (AvgIpc) is 2.32. The molecule has 0 aliphatic heterocycles. The Hall–Kier alpha value is -1.58. The highest BCUT2D eigenvalue weighted by atomic mass is 32.2. The number of sulfone groups is 1. The number of hydrogen-bond acceptors (Lipinski definition) is 5. The van der Waals surface area contributed by atoms with Gasteiger partial charge in [-0.15, -0.1) is 0 Å². The van der Waals surface area contributed by atoms with E-state index in [0.717, 1.165) is 5.56 Å². The fourth-order valence-electron chi connectivity index (χ4n) is 1.31. The minimum absolute atomic E-state index is 0.0337. The van der Waals surface area contributed by atoms with Crippen molar-refractivity contribution in [3.05, 3.63) is 29.8 Å². The van der Waals surface area contributed by atoms with Crippen molar-refractivity contribution >= 4 is 9.84 Å². The maximum Gasteiger partial charge on any atom is 0.174 e. The van der Waals surface area contributed by atoms with Crippen LogP contribution in [0.1, 0.15) is 5.56 Å². The number of rotatable bonds is 7. The molecule has 0 saturated heterocycles. The molecule has 0 unspecified atom stereocenters. The monoisotopic (exact) mass is 268 g/mol. The Morgan fingerprint density at radius 1 is 1.33 bits per heavy atom. The van der Waals surface area contributed by atoms with Gasteiger partial charge < -0.3 is 10.1 Å². The van der Waals surface area contributed by atoms with Crippen LogP contribution in [0.3, 0.4) is 0 Å². The molecule has 6 heteroatoms. The lowest BCUT2D eigenvalue weighted by molar-refractivity contribution is 0.368. The van der Waals surface area contributed by atoms with E-state index >= 15 is 0 Å². The van der Waals surface area contributed by atoms with Crippen LogP contribution in [0, 0.1) is 11.3 Å². The topological polar surface area (TPSA) is 79.2 Å². The van der Waals surface area contributed by atoms with Crippen LogP contribution in [0.4, 0.5) is 0 Å². The highest BCUT2D eigenvalue weighted by Gasteiger charge is 2.01. The van der Waals surface area contributed by atoms with Crippen molar-refractivity contribution in [1.29, 1.82) is 5.26 Å². The van der Waals surface area contributed by atoms with Crippen LogP contribution in [0.15, 0.2) is 24.3 Å². The Kier molecular flexibility index (Phi) is 5.62. The molecule has 0 aromatic heterocycles. The molecule has 0 atom stereocenters. The van der Waals surface area contributed by atoms with Gasteiger partial charge in [0.1, 0.15) is 21.7 Å². The van der Waals surface area contributed by atoms with Gasteiger partial charge in [0.05, 0.1) is 5.75 Å². The second-order valence-corrected chi connectivity index (χ2v) is 6.16. The van der Waals surface area contributed by atoms with Gasteiger partial charge in [0, 0.05) is 19.3 Å². The van der Waals surface area contributed by atoms with Crippen molar-refractivity contribution in [1.82, 2.24) is 5.32 Å². The molecule has 0 saturated carbocycles. The summed E-state index contributed by atoms with van der Waals surface area (Å²) < 4.78 is 26.9. The summed E-state index contributed by atoms with van der Waals surface area (Å²) in [5.74, 6) is 0.785. The van der Waals surface area contributed by atoms with Gasteiger partial charge in [0.2, 0.25) is 0 Å². The van der Waals surface area contributed by atoms with Gasteiger partial charge in [0.15, 0.2) is 6.61 Å². The van der Waals surface area contributed by atoms with Crippen LogP contribution >= 0.6 is 0 Å². The van der Waals surface area contributed by atoms with Crippen LogP contribution in [-0.2, 0) is 16.4 Å². The van der Waals surface area contributed by atoms with Crippen LogP contribution in [0.25, 0.3) is 0 Å². The first-order valence-electron chi connectivity index (χ1n) is 5.48. The molecule has 0 heterocycles. The third kappa shape index (κ3) is 6.23. The molecule has 1 N–H and O–H groups in total. The summed E-state index contributed by atoms with van der Waals surface area (Å²) in [5.41, 5.74) is 1.04. The van der Waals surface area contributed by atoms with Gasteiger partial charge in [-0.05, 0) is 17.7 Å². The quantitative estimate of drug-likeness (QED) is 0.737. The molecular weight excluding hydrogens is 252 g/mol. The standard InChI is InChI=1S/C12H16N2O3S/c1-18(15,16)9-7-14-10-11-2-4-12(5-3-11)17-8-6-13/h2-5,14H,7-10H2,1H3. The summed E-state index contributed by atoms with van der Waals surface area (Å²) in [7, 11) is -2.91. The maximum atomic E-state index is 10.9. The minimum Gasteiger partial charge on any atom is -0.479 e. The lowest BCUT2D eigenvalue weighted by Crippen LogP contribution is -2.21. The van der Waals surface area contributed by atoms with Gasteiger partial charge in [-0.2, -0.15) is 5.26 Å². The van der Waals surface area contributed by atoms with Crippen LogP contribution in [0.5, 0.6) is 5.75 Å². The smallest absolute Gasteiger partial charge is 0.174 e. The largest absolute Gasteiger partial charge is 0.479 e. The molecule has 1 aromatic carbocycles. The van der Waals surface area contributed by atoms with E-state index in [1.807, 2.05) is 18.2 Å². The lowest BCUT2D eigenvalue weighted by atomic mass is 10.2. The molecule has 1 aromatic rings. The summed E-state index contributed by atoms with van der Waals surface area (Å²) in [6, 6.07) is 9.21. The average molecular weight is 268 g/mol. The summed E-state index contributed by atoms with van der Waals surface area (Å²) in [5, 5.41) is 11.4. The summed E-state index contributed by atoms with van der Waals surface area (Å²) in [4.78, 5) is 0. The van der Waals surface area contributed by atoms with Gasteiger partial charge in [-0.3, -0.25) is 0 Å². The normalized spacial score (nSPS) is 10.9. The molecule has 0 radical (unpaired) electrons. The molecular formula is C12H16N2O3S. The second-order valence-electron chi connectivity index (χ2n) is 3.90. The first-order chi connectivity index (χ1) is 8.51. The van der Waals surface area contributed by atoms with E-state index < -0.39 is 9.84 Å². The van der Waals surface area contributed by atoms with Gasteiger partial charge in [0.25, 0.3) is 0 Å². The SMILES string of the molecule is CS(=O)(=O)CCNCc1ccc(OCC#N)cc1. The zero-order chi connectivity index (χ0) is 13.4. The van der Waals surface area contributed by atoms with E-state index in [0.29, 0.717) is 18.8 Å². The van der Waals surface area contributed by atoms with Crippen molar-refractivity contribution < 1.29 is 13.2 Å². The molecule has 0 fully saturated rings. The lowest BCUT2D eigenvalue weighted by Gasteiger charge is -2.05. The molecule has 0 bridgehead atoms. The fourth-order valence-corrected chi connectivity index (χ4v) is 1.82. The number of ether oxygens (including phenoxy) is 1. The molecule has 0 spiro atoms. The molecule has 0 amide bonds. The summed E-state index contributed by atoms with van der Waals surface area (Å²) in [6.45, 7) is 1.07. The Morgan fingerprint density at radius 3 is 2.56 bits per heavy atom. The predicted octanol–water partition coefficient (Wildman–Crippen LogP) is 0.723. The number of benzene rings is 1. The molecule has 18 heavy (non-hydrogen) atoms. The van der Waals surface area contributed by atoms with E-state index in [1.165, 1.54) is 6.26 Å². The Balaban J connectivity index is 2.33. The van der Waals surface area contributed by atoms with E-state index in [-0.39, 0.29) is 12.4 Å². The van der Waals surface area contributed by atoms with Crippen molar-refractivity contribution in [3.8, 4) is 11.8 Å². The van der Waals surface area contributed by atoms with Crippen LogP contribution in [-0.4, -0.2) is 33.6 Å². The van der Waals surface area contributed by atoms with E-state index in [2.05, 4.69) is 5.32 Å². The highest BCUT2D eigenvalue weighted by Crippen LogP contribution is 2.11. The van der Waals surface area contributed by atoms with Crippen molar-refractivity contribution in [2.24, 2.45) is 0 Å². The third-order valence-electron chi connectivity index (χ3n) is 2.21. The van der Waals surface area contributed by atoms with Crippen molar-refractivity contribution in [3.63, 3.8) is 0 Å². The van der Waals surface area contributed by atoms with Gasteiger partial charge >= 0.3 is 0 Å². The molecule has 98 valence electrons. The van der Waals surface area contributed by atoms with E-state index in [9.17, 15) is 8.42 Å². The minimum atomic E-state index is -2.91. The molecule has 0 aliphatic carbocycles. The summed E-state index contributed by atoms with van der Waals surface area (Å²) in [6.07, 6.45) is 1.22. The van der Waals surface area contributed by atoms with Gasteiger partial charge in [-0.1, -0.05) is 12.1 Å². The predicted molar refractivity (Wildman–Crippen MR) is 69.0 cm³/mol. The molecule has 1 rings (SSSR count). The third-order valence-corrected chi connectivity index (χ3v) is 3.15. The van der Waals surface area contributed by atoms with Crippen molar-refractivity contribution in [2.75, 3.05) is 25.2 Å². The van der Waals surface area contributed by atoms with E-state index in [4.69, 9.17) is 10.00 Å². The fraction of sp³-hybridized carbons (Fsp3) is 0.417. The number of nitrogens with zero attached hydrogens (tertiary/aromatic N) is 1. The Labute approximate surface area is 107 Å². The van der Waals surface area contributed by atoms with Gasteiger partial charge in [-0.25, -0.2) is 8.42 Å². The summed E-state index contributed by atoms with van der Waals surface area (Å²) >= 11 is 0. The first kappa shape index (κ1) is 14.5. The molecule has 0 aliphatic rings. The zero-order valence-electron chi connectivity index (χ0n) is 10.2. The van der Waals surface area contributed by atoms with Crippen LogP contribution in [0.2, 0.25) is 0 Å². The Morgan fingerprint density at radius 2 is 2.00 bits per heavy atom. The zero-order valence-corrected chi connectivity index (χ0v) is 11.0. The second kappa shape index (κ2) is 6.99. The van der Waals surface area contributed by atoms with Crippen LogP contribution < -0.4 is 10.1 Å². The number of nitrogens with one attached hydrogen (secondary N) is 1. The first-order valence-corrected chi connectivity index (χ1v) is 7.54. The maximum absolute atomic E-state index is 10.9. The molecule has 5 nitrogen and oxygen atoms in total.